The van der Waals surface area contributed by atoms with Gasteiger partial charge in [-0.3, -0.25) is 4.79 Å². The zero-order valence-corrected chi connectivity index (χ0v) is 11.0. The van der Waals surface area contributed by atoms with E-state index in [0.717, 1.165) is 5.56 Å². The molecule has 0 spiro atoms. The predicted molar refractivity (Wildman–Crippen MR) is 70.2 cm³/mol. The van der Waals surface area contributed by atoms with Crippen molar-refractivity contribution in [2.45, 2.75) is 19.3 Å². The predicted octanol–water partition coefficient (Wildman–Crippen LogP) is 2.12. The Hall–Kier alpha value is -2.22. The zero-order valence-electron chi connectivity index (χ0n) is 11.0. The number of hydrogen-bond acceptors (Lipinski definition) is 4. The van der Waals surface area contributed by atoms with Crippen LogP contribution in [0.2, 0.25) is 0 Å². The van der Waals surface area contributed by atoms with E-state index >= 15 is 0 Å². The van der Waals surface area contributed by atoms with E-state index in [1.54, 1.807) is 20.3 Å². The number of amides is 1. The molecule has 0 radical (unpaired) electrons. The van der Waals surface area contributed by atoms with Crippen molar-refractivity contribution < 1.29 is 14.3 Å². The molecule has 5 heteroatoms. The van der Waals surface area contributed by atoms with Crippen LogP contribution < -0.4 is 14.8 Å². The molecule has 1 aromatic rings. The zero-order chi connectivity index (χ0) is 13.8. The van der Waals surface area contributed by atoms with Crippen molar-refractivity contribution in [1.29, 1.82) is 5.26 Å². The van der Waals surface area contributed by atoms with Gasteiger partial charge in [0.1, 0.15) is 11.5 Å². The molecule has 1 aromatic carbocycles. The number of anilines is 1. The summed E-state index contributed by atoms with van der Waals surface area (Å²) in [6.45, 7) is 0. The van der Waals surface area contributed by atoms with Crippen molar-refractivity contribution in [3.8, 4) is 17.6 Å². The molecule has 0 aliphatic carbocycles. The molecule has 19 heavy (non-hydrogen) atoms. The molecular formula is C14H16N2O3. The summed E-state index contributed by atoms with van der Waals surface area (Å²) < 4.78 is 10.5. The van der Waals surface area contributed by atoms with Gasteiger partial charge in [-0.05, 0) is 24.5 Å². The van der Waals surface area contributed by atoms with Crippen LogP contribution in [0.25, 0.3) is 0 Å². The number of ether oxygens (including phenoxy) is 2. The van der Waals surface area contributed by atoms with Crippen LogP contribution in [-0.4, -0.2) is 20.1 Å². The molecule has 5 nitrogen and oxygen atoms in total. The van der Waals surface area contributed by atoms with E-state index < -0.39 is 0 Å². The molecule has 0 fully saturated rings. The number of nitrogens with zero attached hydrogens (tertiary/aromatic N) is 1. The van der Waals surface area contributed by atoms with Gasteiger partial charge in [0.25, 0.3) is 0 Å². The average molecular weight is 260 g/mol. The van der Waals surface area contributed by atoms with Gasteiger partial charge in [-0.2, -0.15) is 5.26 Å². The Morgan fingerprint density at radius 3 is 2.84 bits per heavy atom. The minimum Gasteiger partial charge on any atom is -0.497 e. The summed E-state index contributed by atoms with van der Waals surface area (Å²) in [4.78, 5) is 12.0. The Morgan fingerprint density at radius 1 is 1.42 bits per heavy atom. The third kappa shape index (κ3) is 2.63. The molecule has 2 rings (SSSR count). The van der Waals surface area contributed by atoms with Crippen molar-refractivity contribution in [3.05, 3.63) is 17.7 Å². The monoisotopic (exact) mass is 260 g/mol. The molecule has 0 saturated carbocycles. The standard InChI is InChI=1S/C14H16N2O3/c1-18-11-7-10-6-9(4-3-5-15)14(17)16-13(10)12(8-11)19-2/h7-9H,3-4,6H2,1-2H3,(H,16,17). The second-order valence-corrected chi connectivity index (χ2v) is 4.45. The normalized spacial score (nSPS) is 17.1. The first-order valence-electron chi connectivity index (χ1n) is 6.12. The number of rotatable bonds is 4. The quantitative estimate of drug-likeness (QED) is 0.900. The molecule has 100 valence electrons. The van der Waals surface area contributed by atoms with Gasteiger partial charge in [0, 0.05) is 18.4 Å². The lowest BCUT2D eigenvalue weighted by Gasteiger charge is -2.26. The van der Waals surface area contributed by atoms with Crippen LogP contribution in [-0.2, 0) is 11.2 Å². The minimum absolute atomic E-state index is 0.0498. The van der Waals surface area contributed by atoms with Gasteiger partial charge in [-0.25, -0.2) is 0 Å². The molecule has 0 aromatic heterocycles. The van der Waals surface area contributed by atoms with Crippen LogP contribution >= 0.6 is 0 Å². The largest absolute Gasteiger partial charge is 0.497 e. The lowest BCUT2D eigenvalue weighted by atomic mass is 9.89. The summed E-state index contributed by atoms with van der Waals surface area (Å²) in [6, 6.07) is 5.72. The molecule has 1 amide bonds. The topological polar surface area (TPSA) is 71.3 Å². The molecule has 1 N–H and O–H groups in total. The number of fused-ring (bicyclic) bond motifs is 1. The van der Waals surface area contributed by atoms with Crippen LogP contribution in [0.1, 0.15) is 18.4 Å². The highest BCUT2D eigenvalue weighted by Crippen LogP contribution is 2.38. The van der Waals surface area contributed by atoms with E-state index in [9.17, 15) is 4.79 Å². The summed E-state index contributed by atoms with van der Waals surface area (Å²) in [5.74, 6) is 1.09. The fraction of sp³-hybridized carbons (Fsp3) is 0.429. The van der Waals surface area contributed by atoms with Crippen LogP contribution in [0.3, 0.4) is 0 Å². The lowest BCUT2D eigenvalue weighted by Crippen LogP contribution is -2.30. The summed E-state index contributed by atoms with van der Waals surface area (Å²) >= 11 is 0. The van der Waals surface area contributed by atoms with Gasteiger partial charge in [0.15, 0.2) is 0 Å². The Morgan fingerprint density at radius 2 is 2.21 bits per heavy atom. The Labute approximate surface area is 112 Å². The van der Waals surface area contributed by atoms with Gasteiger partial charge in [-0.15, -0.1) is 0 Å². The van der Waals surface area contributed by atoms with Crippen molar-refractivity contribution in [1.82, 2.24) is 0 Å². The van der Waals surface area contributed by atoms with Crippen molar-refractivity contribution in [2.24, 2.45) is 5.92 Å². The van der Waals surface area contributed by atoms with E-state index in [-0.39, 0.29) is 11.8 Å². The van der Waals surface area contributed by atoms with Crippen LogP contribution in [0, 0.1) is 17.2 Å². The van der Waals surface area contributed by atoms with Crippen molar-refractivity contribution in [2.75, 3.05) is 19.5 Å². The molecule has 0 saturated heterocycles. The summed E-state index contributed by atoms with van der Waals surface area (Å²) in [7, 11) is 3.15. The fourth-order valence-electron chi connectivity index (χ4n) is 2.28. The van der Waals surface area contributed by atoms with Crippen LogP contribution in [0.15, 0.2) is 12.1 Å². The number of nitrogens with one attached hydrogen (secondary N) is 1. The van der Waals surface area contributed by atoms with E-state index in [1.807, 2.05) is 6.07 Å². The molecular weight excluding hydrogens is 244 g/mol. The van der Waals surface area contributed by atoms with Gasteiger partial charge in [-0.1, -0.05) is 0 Å². The fourth-order valence-corrected chi connectivity index (χ4v) is 2.28. The molecule has 1 aliphatic rings. The maximum absolute atomic E-state index is 12.0. The number of methoxy groups -OCH3 is 2. The number of carbonyl (C=O) groups excluding carboxylic acids is 1. The summed E-state index contributed by atoms with van der Waals surface area (Å²) in [5.41, 5.74) is 1.69. The Bertz CT molecular complexity index is 534. The maximum atomic E-state index is 12.0. The van der Waals surface area contributed by atoms with E-state index in [4.69, 9.17) is 14.7 Å². The Kier molecular flexibility index (Phi) is 3.91. The second-order valence-electron chi connectivity index (χ2n) is 4.45. The molecule has 1 unspecified atom stereocenters. The smallest absolute Gasteiger partial charge is 0.227 e. The highest BCUT2D eigenvalue weighted by atomic mass is 16.5. The first kappa shape index (κ1) is 13.2. The van der Waals surface area contributed by atoms with E-state index in [2.05, 4.69) is 11.4 Å². The first-order chi connectivity index (χ1) is 9.19. The highest BCUT2D eigenvalue weighted by molar-refractivity contribution is 5.97. The van der Waals surface area contributed by atoms with Crippen molar-refractivity contribution >= 4 is 11.6 Å². The molecule has 1 heterocycles. The number of carbonyl (C=O) groups is 1. The van der Waals surface area contributed by atoms with Gasteiger partial charge >= 0.3 is 0 Å². The second kappa shape index (κ2) is 5.61. The molecule has 1 atom stereocenters. The number of benzene rings is 1. The SMILES string of the molecule is COc1cc2c(c(OC)c1)NC(=O)C(CCC#N)C2. The third-order valence-electron chi connectivity index (χ3n) is 3.30. The molecule has 0 bridgehead atoms. The first-order valence-corrected chi connectivity index (χ1v) is 6.12. The van der Waals surface area contributed by atoms with Crippen LogP contribution in [0.4, 0.5) is 5.69 Å². The minimum atomic E-state index is -0.163. The average Bonchev–Trinajstić information content (AvgIpc) is 2.44. The highest BCUT2D eigenvalue weighted by Gasteiger charge is 2.28. The maximum Gasteiger partial charge on any atom is 0.227 e. The van der Waals surface area contributed by atoms with Gasteiger partial charge < -0.3 is 14.8 Å². The van der Waals surface area contributed by atoms with Crippen molar-refractivity contribution in [3.63, 3.8) is 0 Å². The third-order valence-corrected chi connectivity index (χ3v) is 3.30. The van der Waals surface area contributed by atoms with E-state index in [1.165, 1.54) is 0 Å². The summed E-state index contributed by atoms with van der Waals surface area (Å²) in [5, 5.41) is 11.5. The van der Waals surface area contributed by atoms with Gasteiger partial charge in [0.05, 0.1) is 26.0 Å². The molecule has 1 aliphatic heterocycles. The Balaban J connectivity index is 2.33. The van der Waals surface area contributed by atoms with Gasteiger partial charge in [0.2, 0.25) is 5.91 Å². The van der Waals surface area contributed by atoms with Crippen LogP contribution in [0.5, 0.6) is 11.5 Å². The van der Waals surface area contributed by atoms with E-state index in [0.29, 0.717) is 36.4 Å². The number of hydrogen-bond donors (Lipinski definition) is 1. The lowest BCUT2D eigenvalue weighted by molar-refractivity contribution is -0.120. The number of nitriles is 1. The summed E-state index contributed by atoms with van der Waals surface area (Å²) in [6.07, 6.45) is 1.56.